The highest BCUT2D eigenvalue weighted by atomic mass is 28.3. The first-order chi connectivity index (χ1) is 29.4. The molecule has 5 aliphatic heterocycles. The van der Waals surface area contributed by atoms with Crippen LogP contribution in [0.2, 0.25) is 55.4 Å². The molecule has 2 aliphatic carbocycles. The molecule has 5 heteroatoms. The molecule has 5 heterocycles. The first-order valence-electron chi connectivity index (χ1n) is 25.8. The van der Waals surface area contributed by atoms with E-state index in [1.54, 1.807) is 44.5 Å². The van der Waals surface area contributed by atoms with Crippen LogP contribution in [0.15, 0.2) is 100 Å². The molecule has 0 saturated carbocycles. The normalized spacial score (nSPS) is 23.1. The fourth-order valence-electron chi connectivity index (χ4n) is 18.6. The van der Waals surface area contributed by atoms with Crippen LogP contribution in [0.1, 0.15) is 175 Å². The molecule has 0 atom stereocenters. The molecule has 0 spiro atoms. The largest absolute Gasteiger partial charge is 0.124 e. The van der Waals surface area contributed by atoms with Crippen LogP contribution < -0.4 is 0 Å². The van der Waals surface area contributed by atoms with Crippen LogP contribution in [-0.2, 0) is 0 Å². The third-order valence-corrected chi connectivity index (χ3v) is 53.4. The van der Waals surface area contributed by atoms with Crippen molar-refractivity contribution in [3.63, 3.8) is 0 Å². The van der Waals surface area contributed by atoms with E-state index in [-0.39, 0.29) is 0 Å². The van der Waals surface area contributed by atoms with Gasteiger partial charge >= 0.3 is 0 Å². The Morgan fingerprint density at radius 2 is 0.413 bits per heavy atom. The molecule has 7 aliphatic rings. The lowest BCUT2D eigenvalue weighted by Crippen LogP contribution is -2.51. The Hall–Kier alpha value is -2.30. The Kier molecular flexibility index (Phi) is 10.4. The second-order valence-electron chi connectivity index (χ2n) is 24.7. The number of hydrogen-bond donors (Lipinski definition) is 0. The summed E-state index contributed by atoms with van der Waals surface area (Å²) in [6.45, 7) is 59.9. The van der Waals surface area contributed by atoms with E-state index in [1.807, 2.05) is 20.8 Å². The highest BCUT2D eigenvalue weighted by Gasteiger charge is 2.78. The maximum Gasteiger partial charge on any atom is 0.124 e. The summed E-state index contributed by atoms with van der Waals surface area (Å²) in [5.41, 5.74) is 19.3. The third-order valence-electron chi connectivity index (χ3n) is 19.9. The summed E-state index contributed by atoms with van der Waals surface area (Å²) >= 11 is 0. The van der Waals surface area contributed by atoms with Crippen molar-refractivity contribution in [3.05, 3.63) is 123 Å². The van der Waals surface area contributed by atoms with Gasteiger partial charge in [0.2, 0.25) is 0 Å². The summed E-state index contributed by atoms with van der Waals surface area (Å²) in [6.07, 6.45) is 0. The van der Waals surface area contributed by atoms with Gasteiger partial charge in [0.25, 0.3) is 0 Å². The van der Waals surface area contributed by atoms with Crippen LogP contribution in [0.25, 0.3) is 22.3 Å². The molecule has 0 radical (unpaired) electrons. The Morgan fingerprint density at radius 3 is 0.635 bits per heavy atom. The molecule has 0 fully saturated rings. The van der Waals surface area contributed by atoms with Crippen molar-refractivity contribution < 1.29 is 0 Å². The minimum Gasteiger partial charge on any atom is -0.0645 e. The number of allylic oxidation sites excluding steroid dienone is 14. The Bertz CT molecular complexity index is 2400. The predicted molar refractivity (Wildman–Crippen MR) is 293 cm³/mol. The van der Waals surface area contributed by atoms with E-state index < -0.39 is 40.4 Å². The SMILES string of the molecule is CC1=C2C(=C3C(=C4C(=C5C(=C6C(=C7C(=C(C)c8ccccc87)[Si]6(C(C)C)C(C)C)[Si]5(C(C)C)C(C)C)[Si]4(C(C)C)C(C)C)[Si]3(C(C)C)C(C)C)[Si]2(C(C)C)C(C)C)c2ccccc21. The van der Waals surface area contributed by atoms with Crippen molar-refractivity contribution in [3.8, 4) is 0 Å². The Labute approximate surface area is 390 Å². The van der Waals surface area contributed by atoms with Gasteiger partial charge in [-0.05, 0) is 135 Å². The summed E-state index contributed by atoms with van der Waals surface area (Å²) in [5, 5.41) is 20.4. The fourth-order valence-corrected chi connectivity index (χ4v) is 59.5. The molecule has 9 rings (SSSR count). The predicted octanol–water partition coefficient (Wildman–Crippen LogP) is 18.2. The van der Waals surface area contributed by atoms with E-state index in [2.05, 4.69) is 232 Å². The van der Waals surface area contributed by atoms with Crippen LogP contribution in [0, 0.1) is 0 Å². The fraction of sp³-hybridized carbons (Fsp3) is 0.552. The molecule has 0 nitrogen and oxygen atoms in total. The van der Waals surface area contributed by atoms with Gasteiger partial charge in [0.05, 0.1) is 0 Å². The number of hydrogen-bond acceptors (Lipinski definition) is 0. The molecular weight excluding hydrogens is 837 g/mol. The molecule has 0 unspecified atom stereocenters. The van der Waals surface area contributed by atoms with Crippen molar-refractivity contribution >= 4 is 62.7 Å². The van der Waals surface area contributed by atoms with Gasteiger partial charge in [-0.3, -0.25) is 0 Å². The summed E-state index contributed by atoms with van der Waals surface area (Å²) in [7, 11) is -12.4. The molecule has 2 aromatic rings. The van der Waals surface area contributed by atoms with E-state index in [1.165, 1.54) is 0 Å². The zero-order valence-electron chi connectivity index (χ0n) is 43.9. The van der Waals surface area contributed by atoms with Crippen LogP contribution in [0.4, 0.5) is 0 Å². The third kappa shape index (κ3) is 4.61. The molecule has 0 bridgehead atoms. The maximum atomic E-state index is 2.78. The van der Waals surface area contributed by atoms with Gasteiger partial charge in [0.1, 0.15) is 40.4 Å². The van der Waals surface area contributed by atoms with Crippen LogP contribution in [-0.4, -0.2) is 40.4 Å². The highest BCUT2D eigenvalue weighted by Crippen LogP contribution is 2.81. The smallest absolute Gasteiger partial charge is 0.0645 e. The molecule has 0 N–H and O–H groups in total. The Balaban J connectivity index is 1.68. The van der Waals surface area contributed by atoms with Crippen LogP contribution in [0.5, 0.6) is 0 Å². The lowest BCUT2D eigenvalue weighted by molar-refractivity contribution is 0.903. The van der Waals surface area contributed by atoms with E-state index in [0.29, 0.717) is 55.4 Å². The zero-order chi connectivity index (χ0) is 46.3. The molecule has 0 saturated heterocycles. The maximum absolute atomic E-state index is 2.78. The molecule has 336 valence electrons. The van der Waals surface area contributed by atoms with Gasteiger partial charge in [-0.25, -0.2) is 0 Å². The van der Waals surface area contributed by atoms with E-state index in [4.69, 9.17) is 0 Å². The van der Waals surface area contributed by atoms with Gasteiger partial charge in [-0.15, -0.1) is 0 Å². The van der Waals surface area contributed by atoms with Crippen molar-refractivity contribution in [2.75, 3.05) is 0 Å². The van der Waals surface area contributed by atoms with E-state index in [0.717, 1.165) is 0 Å². The van der Waals surface area contributed by atoms with E-state index >= 15 is 0 Å². The lowest BCUT2D eigenvalue weighted by Gasteiger charge is -2.47. The second kappa shape index (κ2) is 14.4. The molecule has 0 amide bonds. The zero-order valence-corrected chi connectivity index (χ0v) is 48.9. The molecule has 63 heavy (non-hydrogen) atoms. The summed E-state index contributed by atoms with van der Waals surface area (Å²) in [5.74, 6) is 0. The minimum atomic E-state index is -2.55. The highest BCUT2D eigenvalue weighted by molar-refractivity contribution is 7.21. The standard InChI is InChI=1S/C58H84Si5/c1-31(2)59(32(3)4)49-41(21)43-27-23-25-29-45(43)47(49)51-53(59)55-57(61(51,35(9)10)36(11)12)58-56(63(55,39(17)18)40(19)20)54-52(62(58,37(13)14)38(15)16)48-46-30-26-24-28-44(46)42(22)50(48)60(54,33(5)6)34(7)8/h23-40H,1-22H3. The van der Waals surface area contributed by atoms with Gasteiger partial charge < -0.3 is 0 Å². The number of fused-ring (bicyclic) bond motifs is 10. The lowest BCUT2D eigenvalue weighted by atomic mass is 10.0. The quantitative estimate of drug-likeness (QED) is 0.208. The van der Waals surface area contributed by atoms with Gasteiger partial charge in [-0.2, -0.15) is 0 Å². The monoisotopic (exact) mass is 921 g/mol. The summed E-state index contributed by atoms with van der Waals surface area (Å²) in [4.78, 5) is 0. The van der Waals surface area contributed by atoms with Crippen molar-refractivity contribution in [1.29, 1.82) is 0 Å². The first-order valence-corrected chi connectivity index (χ1v) is 36.6. The average Bonchev–Trinajstić information content (AvgIpc) is 4.01. The number of benzene rings is 2. The molecule has 0 aromatic heterocycles. The van der Waals surface area contributed by atoms with Crippen molar-refractivity contribution in [2.24, 2.45) is 0 Å². The summed E-state index contributed by atoms with van der Waals surface area (Å²) < 4.78 is 0. The molecule has 2 aromatic carbocycles. The summed E-state index contributed by atoms with van der Waals surface area (Å²) in [6, 6.07) is 19.6. The second-order valence-corrected chi connectivity index (χ2v) is 50.0. The topological polar surface area (TPSA) is 0 Å². The minimum absolute atomic E-state index is 0.607. The first kappa shape index (κ1) is 45.8. The van der Waals surface area contributed by atoms with E-state index in [9.17, 15) is 0 Å². The average molecular weight is 922 g/mol. The van der Waals surface area contributed by atoms with Crippen molar-refractivity contribution in [2.45, 2.75) is 208 Å². The van der Waals surface area contributed by atoms with Gasteiger partial charge in [0.15, 0.2) is 0 Å². The van der Waals surface area contributed by atoms with Gasteiger partial charge in [0, 0.05) is 0 Å². The van der Waals surface area contributed by atoms with Gasteiger partial charge in [-0.1, -0.05) is 218 Å². The Morgan fingerprint density at radius 1 is 0.238 bits per heavy atom. The molecular formula is C58H84Si5. The van der Waals surface area contributed by atoms with Crippen LogP contribution in [0.3, 0.4) is 0 Å². The van der Waals surface area contributed by atoms with Crippen LogP contribution >= 0.6 is 0 Å². The van der Waals surface area contributed by atoms with Crippen molar-refractivity contribution in [1.82, 2.24) is 0 Å². The number of rotatable bonds is 10.